The van der Waals surface area contributed by atoms with Crippen molar-refractivity contribution in [2.45, 2.75) is 0 Å². The van der Waals surface area contributed by atoms with E-state index in [-0.39, 0.29) is 5.91 Å². The summed E-state index contributed by atoms with van der Waals surface area (Å²) in [6, 6.07) is 17.9. The Kier molecular flexibility index (Phi) is 5.61. The minimum atomic E-state index is 0.0251. The van der Waals surface area contributed by atoms with Crippen LogP contribution in [0.3, 0.4) is 0 Å². The number of anilines is 1. The van der Waals surface area contributed by atoms with Crippen LogP contribution < -0.4 is 9.64 Å². The summed E-state index contributed by atoms with van der Waals surface area (Å²) in [5.41, 5.74) is 2.96. The quantitative estimate of drug-likeness (QED) is 0.630. The first-order chi connectivity index (χ1) is 14.2. The fourth-order valence-electron chi connectivity index (χ4n) is 3.48. The van der Waals surface area contributed by atoms with E-state index in [9.17, 15) is 4.79 Å². The maximum Gasteiger partial charge on any atom is 0.246 e. The number of nitrogens with zero attached hydrogens (tertiary/aromatic N) is 4. The second kappa shape index (κ2) is 8.65. The van der Waals surface area contributed by atoms with Crippen molar-refractivity contribution in [3.63, 3.8) is 0 Å². The molecule has 0 unspecified atom stereocenters. The molecule has 4 rings (SSSR count). The fraction of sp³-hybridized carbons (Fsp3) is 0.217. The van der Waals surface area contributed by atoms with Crippen LogP contribution >= 0.6 is 0 Å². The summed E-state index contributed by atoms with van der Waals surface area (Å²) in [5.74, 6) is 0.889. The number of carbonyl (C=O) groups is 1. The zero-order valence-electron chi connectivity index (χ0n) is 16.4. The topological polar surface area (TPSA) is 50.6 Å². The predicted octanol–water partition coefficient (Wildman–Crippen LogP) is 3.24. The van der Waals surface area contributed by atoms with E-state index in [4.69, 9.17) is 4.74 Å². The maximum atomic E-state index is 12.6. The number of para-hydroxylation sites is 3. The lowest BCUT2D eigenvalue weighted by Crippen LogP contribution is -2.48. The first-order valence-corrected chi connectivity index (χ1v) is 9.69. The van der Waals surface area contributed by atoms with Crippen molar-refractivity contribution >= 4 is 17.7 Å². The van der Waals surface area contributed by atoms with Gasteiger partial charge in [-0.2, -0.15) is 5.10 Å². The van der Waals surface area contributed by atoms with Gasteiger partial charge in [-0.25, -0.2) is 4.68 Å². The molecule has 0 aliphatic carbocycles. The second-order valence-electron chi connectivity index (χ2n) is 6.87. The Morgan fingerprint density at radius 3 is 2.48 bits per heavy atom. The Morgan fingerprint density at radius 1 is 1.00 bits per heavy atom. The molecule has 1 aromatic heterocycles. The lowest BCUT2D eigenvalue weighted by molar-refractivity contribution is -0.126. The van der Waals surface area contributed by atoms with Gasteiger partial charge in [-0.05, 0) is 30.3 Å². The zero-order chi connectivity index (χ0) is 20.1. The summed E-state index contributed by atoms with van der Waals surface area (Å²) in [7, 11) is 1.68. The molecule has 1 aliphatic rings. The number of rotatable bonds is 5. The lowest BCUT2D eigenvalue weighted by atomic mass is 10.2. The lowest BCUT2D eigenvalue weighted by Gasteiger charge is -2.36. The predicted molar refractivity (Wildman–Crippen MR) is 114 cm³/mol. The highest BCUT2D eigenvalue weighted by Gasteiger charge is 2.21. The molecule has 0 radical (unpaired) electrons. The summed E-state index contributed by atoms with van der Waals surface area (Å²) >= 11 is 0. The van der Waals surface area contributed by atoms with E-state index in [0.29, 0.717) is 13.1 Å². The van der Waals surface area contributed by atoms with E-state index in [2.05, 4.69) is 16.1 Å². The molecule has 2 heterocycles. The molecule has 3 aromatic rings. The summed E-state index contributed by atoms with van der Waals surface area (Å²) in [4.78, 5) is 16.7. The van der Waals surface area contributed by atoms with Crippen molar-refractivity contribution in [3.8, 4) is 11.4 Å². The largest absolute Gasteiger partial charge is 0.495 e. The zero-order valence-corrected chi connectivity index (χ0v) is 16.4. The van der Waals surface area contributed by atoms with Gasteiger partial charge < -0.3 is 14.5 Å². The number of amides is 1. The third-order valence-corrected chi connectivity index (χ3v) is 5.06. The number of ether oxygens (including phenoxy) is 1. The van der Waals surface area contributed by atoms with Gasteiger partial charge in [-0.1, -0.05) is 30.3 Å². The summed E-state index contributed by atoms with van der Waals surface area (Å²) < 4.78 is 7.25. The minimum Gasteiger partial charge on any atom is -0.495 e. The molecule has 1 fully saturated rings. The van der Waals surface area contributed by atoms with Crippen molar-refractivity contribution in [3.05, 3.63) is 78.6 Å². The molecule has 0 bridgehead atoms. The molecule has 0 spiro atoms. The number of carbonyl (C=O) groups excluding carboxylic acids is 1. The smallest absolute Gasteiger partial charge is 0.246 e. The third kappa shape index (κ3) is 4.32. The van der Waals surface area contributed by atoms with Crippen molar-refractivity contribution < 1.29 is 9.53 Å². The summed E-state index contributed by atoms with van der Waals surface area (Å²) in [6.45, 7) is 2.94. The molecule has 0 atom stereocenters. The second-order valence-corrected chi connectivity index (χ2v) is 6.87. The highest BCUT2D eigenvalue weighted by molar-refractivity contribution is 5.91. The minimum absolute atomic E-state index is 0.0251. The van der Waals surface area contributed by atoms with E-state index in [1.54, 1.807) is 24.1 Å². The number of piperazine rings is 1. The van der Waals surface area contributed by atoms with E-state index < -0.39 is 0 Å². The maximum absolute atomic E-state index is 12.6. The third-order valence-electron chi connectivity index (χ3n) is 5.06. The van der Waals surface area contributed by atoms with Crippen molar-refractivity contribution in [1.29, 1.82) is 0 Å². The number of hydrogen-bond acceptors (Lipinski definition) is 4. The number of aromatic nitrogens is 2. The van der Waals surface area contributed by atoms with E-state index in [1.807, 2.05) is 65.7 Å². The average molecular weight is 388 g/mol. The Morgan fingerprint density at radius 2 is 1.72 bits per heavy atom. The van der Waals surface area contributed by atoms with Crippen LogP contribution in [0.25, 0.3) is 11.8 Å². The van der Waals surface area contributed by atoms with Gasteiger partial charge in [0, 0.05) is 44.0 Å². The van der Waals surface area contributed by atoms with Crippen molar-refractivity contribution in [2.75, 3.05) is 38.2 Å². The van der Waals surface area contributed by atoms with Gasteiger partial charge in [0.1, 0.15) is 5.75 Å². The van der Waals surface area contributed by atoms with Gasteiger partial charge in [0.05, 0.1) is 24.7 Å². The highest BCUT2D eigenvalue weighted by Crippen LogP contribution is 2.28. The summed E-state index contributed by atoms with van der Waals surface area (Å²) in [5, 5.41) is 4.36. The van der Waals surface area contributed by atoms with Crippen LogP contribution in [0.4, 0.5) is 5.69 Å². The molecule has 1 amide bonds. The SMILES string of the molecule is COc1ccccc1N1CCN(C(=O)/C=C/c2cnn(-c3ccccc3)c2)CC1. The molecule has 6 nitrogen and oxygen atoms in total. The van der Waals surface area contributed by atoms with Gasteiger partial charge in [-0.3, -0.25) is 4.79 Å². The van der Waals surface area contributed by atoms with E-state index in [1.165, 1.54) is 0 Å². The van der Waals surface area contributed by atoms with Crippen LogP contribution in [0, 0.1) is 0 Å². The van der Waals surface area contributed by atoms with E-state index in [0.717, 1.165) is 35.8 Å². The fourth-order valence-corrected chi connectivity index (χ4v) is 3.48. The Bertz CT molecular complexity index is 989. The first-order valence-electron chi connectivity index (χ1n) is 9.69. The molecule has 1 saturated heterocycles. The van der Waals surface area contributed by atoms with Crippen molar-refractivity contribution in [2.24, 2.45) is 0 Å². The normalized spacial score (nSPS) is 14.4. The molecule has 29 heavy (non-hydrogen) atoms. The standard InChI is InChI=1S/C23H24N4O2/c1-29-22-10-6-5-9-21(22)25-13-15-26(16-14-25)23(28)12-11-19-17-24-27(18-19)20-7-3-2-4-8-20/h2-12,17-18H,13-16H2,1H3/b12-11+. The molecule has 148 valence electrons. The van der Waals surface area contributed by atoms with Crippen LogP contribution in [0.15, 0.2) is 73.1 Å². The van der Waals surface area contributed by atoms with Crippen LogP contribution in [0.2, 0.25) is 0 Å². The molecule has 6 heteroatoms. The Hall–Kier alpha value is -3.54. The van der Waals surface area contributed by atoms with Crippen LogP contribution in [-0.4, -0.2) is 53.9 Å². The molecule has 2 aromatic carbocycles. The van der Waals surface area contributed by atoms with Gasteiger partial charge >= 0.3 is 0 Å². The van der Waals surface area contributed by atoms with Gasteiger partial charge in [0.2, 0.25) is 5.91 Å². The van der Waals surface area contributed by atoms with Crippen LogP contribution in [0.1, 0.15) is 5.56 Å². The van der Waals surface area contributed by atoms with Gasteiger partial charge in [0.25, 0.3) is 0 Å². The number of methoxy groups -OCH3 is 1. The van der Waals surface area contributed by atoms with Crippen LogP contribution in [0.5, 0.6) is 5.75 Å². The monoisotopic (exact) mass is 388 g/mol. The molecule has 0 saturated carbocycles. The summed E-state index contributed by atoms with van der Waals surface area (Å²) in [6.07, 6.45) is 7.13. The van der Waals surface area contributed by atoms with E-state index >= 15 is 0 Å². The molecule has 0 N–H and O–H groups in total. The molecular weight excluding hydrogens is 364 g/mol. The Labute approximate surface area is 170 Å². The van der Waals surface area contributed by atoms with Gasteiger partial charge in [0.15, 0.2) is 0 Å². The first kappa shape index (κ1) is 18.8. The molecule has 1 aliphatic heterocycles. The van der Waals surface area contributed by atoms with Crippen molar-refractivity contribution in [1.82, 2.24) is 14.7 Å². The highest BCUT2D eigenvalue weighted by atomic mass is 16.5. The number of benzene rings is 2. The molecular formula is C23H24N4O2. The average Bonchev–Trinajstić information content (AvgIpc) is 3.27. The van der Waals surface area contributed by atoms with Gasteiger partial charge in [-0.15, -0.1) is 0 Å². The van der Waals surface area contributed by atoms with Crippen LogP contribution in [-0.2, 0) is 4.79 Å². The Balaban J connectivity index is 1.35. The number of hydrogen-bond donors (Lipinski definition) is 0.